The van der Waals surface area contributed by atoms with Gasteiger partial charge < -0.3 is 5.32 Å². The molecule has 0 aliphatic heterocycles. The predicted octanol–water partition coefficient (Wildman–Crippen LogP) is 1.12. The molecule has 2 aromatic heterocycles. The lowest BCUT2D eigenvalue weighted by atomic mass is 10.4. The van der Waals surface area contributed by atoms with Gasteiger partial charge >= 0.3 is 0 Å². The van der Waals surface area contributed by atoms with Crippen LogP contribution < -0.4 is 10.0 Å². The molecule has 8 heteroatoms. The summed E-state index contributed by atoms with van der Waals surface area (Å²) in [7, 11) is -1.79. The molecule has 0 aromatic carbocycles. The second-order valence-corrected chi connectivity index (χ2v) is 6.38. The minimum absolute atomic E-state index is 0.156. The van der Waals surface area contributed by atoms with Gasteiger partial charge in [0.15, 0.2) is 0 Å². The Kier molecular flexibility index (Phi) is 4.92. The Morgan fingerprint density at radius 2 is 2.14 bits per heavy atom. The summed E-state index contributed by atoms with van der Waals surface area (Å²) in [4.78, 5) is 4.28. The smallest absolute Gasteiger partial charge is 0.241 e. The van der Waals surface area contributed by atoms with Crippen LogP contribution in [0, 0.1) is 0 Å². The van der Waals surface area contributed by atoms with Crippen LogP contribution in [0.5, 0.6) is 0 Å². The van der Waals surface area contributed by atoms with E-state index in [0.29, 0.717) is 11.5 Å². The molecule has 0 radical (unpaired) electrons. The van der Waals surface area contributed by atoms with Crippen LogP contribution in [0.2, 0.25) is 0 Å². The first kappa shape index (κ1) is 15.5. The van der Waals surface area contributed by atoms with Gasteiger partial charge in [-0.3, -0.25) is 4.68 Å². The fourth-order valence-corrected chi connectivity index (χ4v) is 2.75. The van der Waals surface area contributed by atoms with E-state index < -0.39 is 10.0 Å². The zero-order valence-electron chi connectivity index (χ0n) is 12.1. The first-order chi connectivity index (χ1) is 10.0. The van der Waals surface area contributed by atoms with Crippen molar-refractivity contribution < 1.29 is 8.42 Å². The summed E-state index contributed by atoms with van der Waals surface area (Å²) < 4.78 is 28.6. The largest absolute Gasteiger partial charge is 0.370 e. The number of anilines is 1. The van der Waals surface area contributed by atoms with E-state index in [1.807, 2.05) is 6.92 Å². The van der Waals surface area contributed by atoms with Gasteiger partial charge in [-0.05, 0) is 18.6 Å². The SMILES string of the molecule is CCCNc1cc(S(=O)(=O)NCc2ccn(C)n2)ccn1. The highest BCUT2D eigenvalue weighted by Gasteiger charge is 2.15. The zero-order chi connectivity index (χ0) is 15.3. The summed E-state index contributed by atoms with van der Waals surface area (Å²) in [6.45, 7) is 2.93. The van der Waals surface area contributed by atoms with Gasteiger partial charge in [-0.15, -0.1) is 0 Å². The number of hydrogen-bond acceptors (Lipinski definition) is 5. The summed E-state index contributed by atoms with van der Waals surface area (Å²) in [5.74, 6) is 0.553. The Morgan fingerprint density at radius 1 is 1.33 bits per heavy atom. The molecule has 0 fully saturated rings. The lowest BCUT2D eigenvalue weighted by Crippen LogP contribution is -2.23. The molecule has 0 bridgehead atoms. The van der Waals surface area contributed by atoms with Gasteiger partial charge in [0, 0.05) is 32.1 Å². The van der Waals surface area contributed by atoms with E-state index in [9.17, 15) is 8.42 Å². The summed E-state index contributed by atoms with van der Waals surface area (Å²) in [5.41, 5.74) is 0.666. The van der Waals surface area contributed by atoms with E-state index in [-0.39, 0.29) is 11.4 Å². The fourth-order valence-electron chi connectivity index (χ4n) is 1.74. The second-order valence-electron chi connectivity index (χ2n) is 4.61. The highest BCUT2D eigenvalue weighted by atomic mass is 32.2. The third-order valence-corrected chi connectivity index (χ3v) is 4.21. The maximum Gasteiger partial charge on any atom is 0.241 e. The van der Waals surface area contributed by atoms with Crippen LogP contribution in [0.4, 0.5) is 5.82 Å². The lowest BCUT2D eigenvalue weighted by molar-refractivity contribution is 0.579. The van der Waals surface area contributed by atoms with Crippen molar-refractivity contribution in [1.29, 1.82) is 0 Å². The van der Waals surface area contributed by atoms with E-state index in [1.54, 1.807) is 24.0 Å². The molecule has 2 rings (SSSR count). The predicted molar refractivity (Wildman–Crippen MR) is 80.3 cm³/mol. The van der Waals surface area contributed by atoms with E-state index in [0.717, 1.165) is 13.0 Å². The summed E-state index contributed by atoms with van der Waals surface area (Å²) >= 11 is 0. The standard InChI is InChI=1S/C13H19N5O2S/c1-3-6-14-13-9-12(4-7-15-13)21(19,20)16-10-11-5-8-18(2)17-11/h4-5,7-9,16H,3,6,10H2,1-2H3,(H,14,15). The van der Waals surface area contributed by atoms with Crippen molar-refractivity contribution in [3.63, 3.8) is 0 Å². The van der Waals surface area contributed by atoms with Crippen molar-refractivity contribution in [3.05, 3.63) is 36.3 Å². The first-order valence-corrected chi connectivity index (χ1v) is 8.17. The molecule has 0 spiro atoms. The Morgan fingerprint density at radius 3 is 2.81 bits per heavy atom. The van der Waals surface area contributed by atoms with Crippen LogP contribution in [0.3, 0.4) is 0 Å². The summed E-state index contributed by atoms with van der Waals surface area (Å²) in [6.07, 6.45) is 4.19. The molecule has 21 heavy (non-hydrogen) atoms. The van der Waals surface area contributed by atoms with Crippen LogP contribution in [-0.2, 0) is 23.6 Å². The van der Waals surface area contributed by atoms with Crippen molar-refractivity contribution in [2.24, 2.45) is 7.05 Å². The van der Waals surface area contributed by atoms with Gasteiger partial charge in [-0.1, -0.05) is 6.92 Å². The molecular formula is C13H19N5O2S. The highest BCUT2D eigenvalue weighted by Crippen LogP contribution is 2.13. The van der Waals surface area contributed by atoms with Crippen LogP contribution in [-0.4, -0.2) is 29.7 Å². The van der Waals surface area contributed by atoms with Gasteiger partial charge in [0.25, 0.3) is 0 Å². The normalized spacial score (nSPS) is 11.5. The first-order valence-electron chi connectivity index (χ1n) is 6.69. The van der Waals surface area contributed by atoms with Crippen LogP contribution in [0.25, 0.3) is 0 Å². The fraction of sp³-hybridized carbons (Fsp3) is 0.385. The zero-order valence-corrected chi connectivity index (χ0v) is 12.9. The number of nitrogens with one attached hydrogen (secondary N) is 2. The number of rotatable bonds is 7. The molecule has 0 atom stereocenters. The van der Waals surface area contributed by atoms with Crippen molar-refractivity contribution in [2.45, 2.75) is 24.8 Å². The minimum Gasteiger partial charge on any atom is -0.370 e. The highest BCUT2D eigenvalue weighted by molar-refractivity contribution is 7.89. The number of hydrogen-bond donors (Lipinski definition) is 2. The number of sulfonamides is 1. The number of aromatic nitrogens is 3. The van der Waals surface area contributed by atoms with Crippen molar-refractivity contribution in [2.75, 3.05) is 11.9 Å². The molecule has 7 nitrogen and oxygen atoms in total. The van der Waals surface area contributed by atoms with Crippen molar-refractivity contribution in [3.8, 4) is 0 Å². The molecule has 0 saturated heterocycles. The van der Waals surface area contributed by atoms with Gasteiger partial charge in [-0.2, -0.15) is 5.10 Å². The molecule has 0 unspecified atom stereocenters. The van der Waals surface area contributed by atoms with Crippen molar-refractivity contribution in [1.82, 2.24) is 19.5 Å². The Bertz CT molecular complexity index is 696. The average Bonchev–Trinajstić information content (AvgIpc) is 2.89. The Balaban J connectivity index is 2.08. The molecule has 0 saturated carbocycles. The number of aryl methyl sites for hydroxylation is 1. The van der Waals surface area contributed by atoms with Crippen LogP contribution >= 0.6 is 0 Å². The molecule has 0 amide bonds. The molecule has 2 heterocycles. The van der Waals surface area contributed by atoms with E-state index in [2.05, 4.69) is 20.1 Å². The molecule has 0 aliphatic carbocycles. The molecule has 114 valence electrons. The summed E-state index contributed by atoms with van der Waals surface area (Å²) in [5, 5.41) is 7.20. The van der Waals surface area contributed by atoms with Gasteiger partial charge in [0.05, 0.1) is 17.1 Å². The Hall–Kier alpha value is -1.93. The van der Waals surface area contributed by atoms with Gasteiger partial charge in [0.2, 0.25) is 10.0 Å². The van der Waals surface area contributed by atoms with E-state index in [4.69, 9.17) is 0 Å². The molecule has 0 aliphatic rings. The van der Waals surface area contributed by atoms with Crippen LogP contribution in [0.1, 0.15) is 19.0 Å². The molecular weight excluding hydrogens is 290 g/mol. The third kappa shape index (κ3) is 4.27. The maximum absolute atomic E-state index is 12.2. The van der Waals surface area contributed by atoms with Gasteiger partial charge in [-0.25, -0.2) is 18.1 Å². The van der Waals surface area contributed by atoms with Crippen LogP contribution in [0.15, 0.2) is 35.5 Å². The number of pyridine rings is 1. The molecule has 2 aromatic rings. The average molecular weight is 309 g/mol. The van der Waals surface area contributed by atoms with E-state index in [1.165, 1.54) is 18.3 Å². The van der Waals surface area contributed by atoms with E-state index >= 15 is 0 Å². The minimum atomic E-state index is -3.58. The molecule has 2 N–H and O–H groups in total. The lowest BCUT2D eigenvalue weighted by Gasteiger charge is -2.08. The summed E-state index contributed by atoms with van der Waals surface area (Å²) in [6, 6.07) is 4.76. The number of nitrogens with zero attached hydrogens (tertiary/aromatic N) is 3. The maximum atomic E-state index is 12.2. The topological polar surface area (TPSA) is 88.9 Å². The van der Waals surface area contributed by atoms with Gasteiger partial charge in [0.1, 0.15) is 5.82 Å². The third-order valence-electron chi connectivity index (χ3n) is 2.81. The van der Waals surface area contributed by atoms with Crippen molar-refractivity contribution >= 4 is 15.8 Å². The Labute approximate surface area is 124 Å². The monoisotopic (exact) mass is 309 g/mol. The second kappa shape index (κ2) is 6.68. The quantitative estimate of drug-likeness (QED) is 0.800.